The monoisotopic (exact) mass is 644 g/mol. The molecule has 2 aliphatic carbocycles. The molecule has 2 N–H and O–H groups in total. The maximum atomic E-state index is 13.8. The average Bonchev–Trinajstić information content (AvgIpc) is 3.94. The quantitative estimate of drug-likeness (QED) is 0.235. The van der Waals surface area contributed by atoms with E-state index in [9.17, 15) is 18.4 Å². The molecule has 2 heterocycles. The van der Waals surface area contributed by atoms with Crippen molar-refractivity contribution in [1.82, 2.24) is 14.8 Å². The molecular weight excluding hydrogens is 606 g/mol. The molecule has 2 saturated carbocycles. The summed E-state index contributed by atoms with van der Waals surface area (Å²) >= 11 is 0. The van der Waals surface area contributed by atoms with Crippen molar-refractivity contribution < 1.29 is 32.3 Å². The Labute approximate surface area is 267 Å². The predicted molar refractivity (Wildman–Crippen MR) is 166 cm³/mol. The highest BCUT2D eigenvalue weighted by Gasteiger charge is 2.52. The molecule has 0 bridgehead atoms. The molecule has 1 aliphatic heterocycles. The third-order valence-electron chi connectivity index (χ3n) is 8.78. The van der Waals surface area contributed by atoms with E-state index in [0.29, 0.717) is 44.1 Å². The topological polar surface area (TPSA) is 111 Å². The van der Waals surface area contributed by atoms with Crippen molar-refractivity contribution in [3.05, 3.63) is 65.5 Å². The number of carbonyl (C=O) groups excluding carboxylic acids is 2. The molecule has 6 rings (SSSR count). The summed E-state index contributed by atoms with van der Waals surface area (Å²) in [5.41, 5.74) is 7.35. The van der Waals surface area contributed by atoms with Crippen molar-refractivity contribution in [2.45, 2.75) is 70.2 Å². The Balaban J connectivity index is 0.00000400. The molecule has 45 heavy (non-hydrogen) atoms. The predicted octanol–water partition coefficient (Wildman–Crippen LogP) is 6.13. The molecule has 9 nitrogen and oxygen atoms in total. The van der Waals surface area contributed by atoms with E-state index in [1.54, 1.807) is 17.9 Å². The van der Waals surface area contributed by atoms with Crippen molar-refractivity contribution in [3.8, 4) is 23.0 Å². The molecular formula is C33H39ClF2N4O5. The van der Waals surface area contributed by atoms with Gasteiger partial charge in [0.2, 0.25) is 5.89 Å². The largest absolute Gasteiger partial charge is 0.489 e. The number of piperazine rings is 1. The van der Waals surface area contributed by atoms with E-state index in [1.165, 1.54) is 12.1 Å². The molecule has 12 heteroatoms. The van der Waals surface area contributed by atoms with Crippen LogP contribution in [0.25, 0.3) is 11.5 Å². The van der Waals surface area contributed by atoms with Gasteiger partial charge in [-0.25, -0.2) is 4.98 Å². The first-order chi connectivity index (χ1) is 21.1. The molecule has 3 fully saturated rings. The van der Waals surface area contributed by atoms with Crippen LogP contribution in [0.1, 0.15) is 78.6 Å². The van der Waals surface area contributed by atoms with Crippen LogP contribution in [0.4, 0.5) is 8.78 Å². The number of nitrogens with two attached hydrogens (primary N) is 1. The summed E-state index contributed by atoms with van der Waals surface area (Å²) in [4.78, 5) is 35.5. The standard InChI is InChI=1S/C33H38F2N4O5.ClH/c1-20-18-38(14-15-39(20)33(12-13-33)17-25(40)23-6-4-3-5-7-23)31(41)28-29(21(2)36)44-30(37-28)24-10-11-26(43-32(34)35)27(16-24)42-19-22-8-9-22;/h3-7,10-11,16,20-22,32H,8-9,12-15,17-19,36H2,1-2H3;1H/t20?,21-;/m0./s1. The first-order valence-corrected chi connectivity index (χ1v) is 15.3. The third kappa shape index (κ3) is 7.31. The fourth-order valence-electron chi connectivity index (χ4n) is 6.09. The fraction of sp³-hybridized carbons (Fsp3) is 0.485. The van der Waals surface area contributed by atoms with Crippen molar-refractivity contribution in [3.63, 3.8) is 0 Å². The van der Waals surface area contributed by atoms with Crippen molar-refractivity contribution in [2.24, 2.45) is 11.7 Å². The van der Waals surface area contributed by atoms with Crippen LogP contribution in [-0.4, -0.2) is 70.9 Å². The lowest BCUT2D eigenvalue weighted by Gasteiger charge is -2.44. The van der Waals surface area contributed by atoms with E-state index in [0.717, 1.165) is 31.2 Å². The minimum absolute atomic E-state index is 0. The Hall–Kier alpha value is -3.54. The number of Topliss-reactive ketones (excluding diaryl/α,β-unsaturated/α-hetero) is 1. The fourth-order valence-corrected chi connectivity index (χ4v) is 6.09. The highest BCUT2D eigenvalue weighted by molar-refractivity contribution is 5.97. The lowest BCUT2D eigenvalue weighted by atomic mass is 9.98. The number of amides is 1. The molecule has 2 aromatic carbocycles. The van der Waals surface area contributed by atoms with E-state index in [4.69, 9.17) is 14.9 Å². The lowest BCUT2D eigenvalue weighted by Crippen LogP contribution is -2.58. The Bertz CT molecular complexity index is 1510. The zero-order valence-electron chi connectivity index (χ0n) is 25.4. The van der Waals surface area contributed by atoms with Crippen LogP contribution in [0.2, 0.25) is 0 Å². The second kappa shape index (κ2) is 13.4. The summed E-state index contributed by atoms with van der Waals surface area (Å²) < 4.78 is 42.5. The van der Waals surface area contributed by atoms with Gasteiger partial charge < -0.3 is 24.5 Å². The average molecular weight is 645 g/mol. The Morgan fingerprint density at radius 1 is 1.11 bits per heavy atom. The van der Waals surface area contributed by atoms with E-state index in [-0.39, 0.29) is 64.5 Å². The first-order valence-electron chi connectivity index (χ1n) is 15.3. The number of nitrogens with zero attached hydrogens (tertiary/aromatic N) is 3. The number of rotatable bonds is 12. The molecule has 0 spiro atoms. The van der Waals surface area contributed by atoms with E-state index in [1.807, 2.05) is 30.3 Å². The zero-order chi connectivity index (χ0) is 31.0. The molecule has 1 saturated heterocycles. The second-order valence-electron chi connectivity index (χ2n) is 12.3. The van der Waals surface area contributed by atoms with Crippen LogP contribution in [0.15, 0.2) is 52.9 Å². The number of benzene rings is 2. The van der Waals surface area contributed by atoms with Gasteiger partial charge in [-0.2, -0.15) is 8.78 Å². The Morgan fingerprint density at radius 3 is 2.47 bits per heavy atom. The summed E-state index contributed by atoms with van der Waals surface area (Å²) in [6.45, 7) is 2.78. The van der Waals surface area contributed by atoms with Crippen LogP contribution in [0.5, 0.6) is 11.5 Å². The number of hydrogen-bond donors (Lipinski definition) is 1. The minimum Gasteiger partial charge on any atom is -0.489 e. The number of alkyl halides is 2. The molecule has 1 aromatic heterocycles. The highest BCUT2D eigenvalue weighted by Crippen LogP contribution is 2.47. The van der Waals surface area contributed by atoms with Gasteiger partial charge in [-0.05, 0) is 63.6 Å². The zero-order valence-corrected chi connectivity index (χ0v) is 26.2. The normalized spacial score (nSPS) is 20.0. The van der Waals surface area contributed by atoms with E-state index >= 15 is 0 Å². The summed E-state index contributed by atoms with van der Waals surface area (Å²) in [7, 11) is 0. The van der Waals surface area contributed by atoms with Crippen LogP contribution >= 0.6 is 12.4 Å². The third-order valence-corrected chi connectivity index (χ3v) is 8.78. The molecule has 3 aliphatic rings. The molecule has 3 aromatic rings. The Morgan fingerprint density at radius 2 is 1.84 bits per heavy atom. The summed E-state index contributed by atoms with van der Waals surface area (Å²) in [6.07, 6.45) is 4.45. The van der Waals surface area contributed by atoms with Gasteiger partial charge in [0.15, 0.2) is 28.7 Å². The summed E-state index contributed by atoms with van der Waals surface area (Å²) in [5, 5.41) is 0. The van der Waals surface area contributed by atoms with Crippen LogP contribution < -0.4 is 15.2 Å². The van der Waals surface area contributed by atoms with E-state index < -0.39 is 12.7 Å². The number of oxazole rings is 1. The smallest absolute Gasteiger partial charge is 0.387 e. The number of ketones is 1. The van der Waals surface area contributed by atoms with Crippen molar-refractivity contribution in [1.29, 1.82) is 0 Å². The maximum Gasteiger partial charge on any atom is 0.387 e. The second-order valence-corrected chi connectivity index (χ2v) is 12.3. The van der Waals surface area contributed by atoms with Gasteiger partial charge in [0.25, 0.3) is 5.91 Å². The van der Waals surface area contributed by atoms with Gasteiger partial charge >= 0.3 is 6.61 Å². The van der Waals surface area contributed by atoms with Gasteiger partial charge in [0, 0.05) is 48.8 Å². The number of halogens is 3. The number of ether oxygens (including phenoxy) is 2. The molecule has 1 amide bonds. The molecule has 2 atom stereocenters. The van der Waals surface area contributed by atoms with Crippen LogP contribution in [-0.2, 0) is 0 Å². The van der Waals surface area contributed by atoms with Crippen LogP contribution in [0, 0.1) is 5.92 Å². The SMILES string of the molecule is CC1CN(C(=O)c2nc(-c3ccc(OC(F)F)c(OCC4CC4)c3)oc2[C@H](C)N)CCN1C1(CC(=O)c2ccccc2)CC1.Cl. The van der Waals surface area contributed by atoms with Crippen molar-refractivity contribution in [2.75, 3.05) is 26.2 Å². The Kier molecular flexibility index (Phi) is 9.81. The number of aromatic nitrogens is 1. The van der Waals surface area contributed by atoms with E-state index in [2.05, 4.69) is 21.5 Å². The van der Waals surface area contributed by atoms with Gasteiger partial charge in [-0.3, -0.25) is 14.5 Å². The minimum atomic E-state index is -3.00. The molecule has 242 valence electrons. The van der Waals surface area contributed by atoms with Gasteiger partial charge in [0.1, 0.15) is 0 Å². The van der Waals surface area contributed by atoms with Crippen molar-refractivity contribution >= 4 is 24.1 Å². The summed E-state index contributed by atoms with van der Waals surface area (Å²) in [6, 6.07) is 13.3. The lowest BCUT2D eigenvalue weighted by molar-refractivity contribution is -0.0515. The van der Waals surface area contributed by atoms with Gasteiger partial charge in [-0.15, -0.1) is 12.4 Å². The number of carbonyl (C=O) groups is 2. The van der Waals surface area contributed by atoms with Gasteiger partial charge in [-0.1, -0.05) is 30.3 Å². The molecule has 1 unspecified atom stereocenters. The maximum absolute atomic E-state index is 13.8. The summed E-state index contributed by atoms with van der Waals surface area (Å²) in [5.74, 6) is 0.727. The van der Waals surface area contributed by atoms with Crippen LogP contribution in [0.3, 0.4) is 0 Å². The number of hydrogen-bond acceptors (Lipinski definition) is 8. The molecule has 0 radical (unpaired) electrons. The highest BCUT2D eigenvalue weighted by atomic mass is 35.5. The van der Waals surface area contributed by atoms with Gasteiger partial charge in [0.05, 0.1) is 12.6 Å². The first kappa shape index (κ1) is 32.8.